The predicted octanol–water partition coefficient (Wildman–Crippen LogP) is 0.978. The second-order valence-electron chi connectivity index (χ2n) is 1.40. The van der Waals surface area contributed by atoms with Gasteiger partial charge < -0.3 is 0 Å². The first kappa shape index (κ1) is 6.51. The lowest BCUT2D eigenvalue weighted by Crippen LogP contribution is -2.21. The van der Waals surface area contributed by atoms with E-state index in [0.29, 0.717) is 0 Å². The lowest BCUT2D eigenvalue weighted by atomic mass is 11.0. The Morgan fingerprint density at radius 2 is 1.50 bits per heavy atom. The van der Waals surface area contributed by atoms with Crippen LogP contribution in [-0.4, -0.2) is 14.1 Å². The van der Waals surface area contributed by atoms with Gasteiger partial charge in [-0.25, -0.2) is 0 Å². The molecule has 0 saturated heterocycles. The first-order valence-electron chi connectivity index (χ1n) is 2.02. The Hall–Kier alpha value is 0.390. The summed E-state index contributed by atoms with van der Waals surface area (Å²) in [5.41, 5.74) is -0.0401. The van der Waals surface area contributed by atoms with Crippen LogP contribution in [0.1, 0.15) is 0 Å². The lowest BCUT2D eigenvalue weighted by molar-refractivity contribution is 0.483. The van der Waals surface area contributed by atoms with Crippen LogP contribution >= 0.6 is 38.3 Å². The van der Waals surface area contributed by atoms with E-state index in [9.17, 15) is 0 Å². The van der Waals surface area contributed by atoms with Crippen LogP contribution in [0.15, 0.2) is 12.4 Å². The van der Waals surface area contributed by atoms with Gasteiger partial charge in [0.15, 0.2) is 5.50 Å². The molecule has 0 bridgehead atoms. The Morgan fingerprint density at radius 3 is 1.62 bits per heavy atom. The van der Waals surface area contributed by atoms with E-state index in [0.717, 1.165) is 0 Å². The first-order chi connectivity index (χ1) is 3.72. The molecule has 1 rings (SSSR count). The van der Waals surface area contributed by atoms with Crippen molar-refractivity contribution in [2.75, 3.05) is 0 Å². The summed E-state index contributed by atoms with van der Waals surface area (Å²) < 4.78 is 3.30. The molecule has 0 aliphatic carbocycles. The van der Waals surface area contributed by atoms with Gasteiger partial charge in [-0.05, 0) is 0 Å². The second-order valence-corrected chi connectivity index (χ2v) is 2.79. The number of hydrogen-bond acceptors (Lipinski definition) is 5. The van der Waals surface area contributed by atoms with Crippen LogP contribution in [0.4, 0.5) is 0 Å². The highest BCUT2D eigenvalue weighted by molar-refractivity contribution is 7.85. The molecule has 0 radical (unpaired) electrons. The smallest absolute Gasteiger partial charge is 0.165 e. The van der Waals surface area contributed by atoms with E-state index in [1.807, 2.05) is 0 Å². The van der Waals surface area contributed by atoms with Gasteiger partial charge >= 0.3 is 0 Å². The highest BCUT2D eigenvalue weighted by Crippen LogP contribution is 2.21. The lowest BCUT2D eigenvalue weighted by Gasteiger charge is -2.18. The standard InChI is InChI=1S/C3H6N2S3/c6-3-4(7)1-2-5(3)8/h1-3,6-8H. The summed E-state index contributed by atoms with van der Waals surface area (Å²) >= 11 is 12.2. The Kier molecular flexibility index (Phi) is 1.89. The van der Waals surface area contributed by atoms with Gasteiger partial charge in [0.25, 0.3) is 0 Å². The van der Waals surface area contributed by atoms with E-state index in [4.69, 9.17) is 0 Å². The van der Waals surface area contributed by atoms with Gasteiger partial charge in [0.1, 0.15) is 0 Å². The van der Waals surface area contributed by atoms with Crippen LogP contribution in [0.5, 0.6) is 0 Å². The summed E-state index contributed by atoms with van der Waals surface area (Å²) in [4.78, 5) is 0. The second kappa shape index (κ2) is 2.33. The van der Waals surface area contributed by atoms with Crippen molar-refractivity contribution in [1.29, 1.82) is 0 Å². The molecular weight excluding hydrogens is 160 g/mol. The van der Waals surface area contributed by atoms with Crippen molar-refractivity contribution in [3.63, 3.8) is 0 Å². The molecule has 0 aromatic rings. The third-order valence-electron chi connectivity index (χ3n) is 0.845. The number of rotatable bonds is 0. The number of hydrogen-bond donors (Lipinski definition) is 3. The first-order valence-corrected chi connectivity index (χ1v) is 3.34. The van der Waals surface area contributed by atoms with E-state index in [-0.39, 0.29) is 5.50 Å². The van der Waals surface area contributed by atoms with Crippen LogP contribution in [0.3, 0.4) is 0 Å². The molecule has 0 N–H and O–H groups in total. The predicted molar refractivity (Wildman–Crippen MR) is 43.6 cm³/mol. The molecule has 2 nitrogen and oxygen atoms in total. The summed E-state index contributed by atoms with van der Waals surface area (Å²) in [6.07, 6.45) is 3.57. The van der Waals surface area contributed by atoms with Crippen LogP contribution in [0.25, 0.3) is 0 Å². The van der Waals surface area contributed by atoms with Crippen molar-refractivity contribution in [2.24, 2.45) is 0 Å². The third-order valence-corrected chi connectivity index (χ3v) is 2.41. The minimum Gasteiger partial charge on any atom is -0.293 e. The number of nitrogens with zero attached hydrogens (tertiary/aromatic N) is 2. The zero-order chi connectivity index (χ0) is 6.15. The van der Waals surface area contributed by atoms with Crippen LogP contribution in [0, 0.1) is 0 Å². The molecule has 1 aliphatic rings. The number of thiol groups is 3. The Labute approximate surface area is 65.0 Å². The molecule has 5 heteroatoms. The molecule has 0 saturated carbocycles. The fourth-order valence-electron chi connectivity index (χ4n) is 0.412. The maximum atomic E-state index is 4.12. The van der Waals surface area contributed by atoms with Gasteiger partial charge in [-0.1, -0.05) is 25.6 Å². The fraction of sp³-hybridized carbons (Fsp3) is 0.333. The molecule has 0 amide bonds. The van der Waals surface area contributed by atoms with E-state index < -0.39 is 0 Å². The minimum absolute atomic E-state index is 0.0401. The largest absolute Gasteiger partial charge is 0.293 e. The van der Waals surface area contributed by atoms with Gasteiger partial charge in [-0.2, -0.15) is 0 Å². The van der Waals surface area contributed by atoms with Crippen LogP contribution in [-0.2, 0) is 0 Å². The molecule has 46 valence electrons. The van der Waals surface area contributed by atoms with Crippen molar-refractivity contribution in [1.82, 2.24) is 8.61 Å². The molecule has 0 atom stereocenters. The molecule has 0 unspecified atom stereocenters. The fourth-order valence-corrected chi connectivity index (χ4v) is 0.989. The molecule has 8 heavy (non-hydrogen) atoms. The zero-order valence-electron chi connectivity index (χ0n) is 3.97. The van der Waals surface area contributed by atoms with Gasteiger partial charge in [0, 0.05) is 12.4 Å². The van der Waals surface area contributed by atoms with E-state index in [1.165, 1.54) is 0 Å². The summed E-state index contributed by atoms with van der Waals surface area (Å²) in [6, 6.07) is 0. The van der Waals surface area contributed by atoms with Crippen molar-refractivity contribution < 1.29 is 0 Å². The van der Waals surface area contributed by atoms with Crippen LogP contribution in [0.2, 0.25) is 0 Å². The van der Waals surface area contributed by atoms with Gasteiger partial charge in [0.2, 0.25) is 0 Å². The molecule has 0 fully saturated rings. The van der Waals surface area contributed by atoms with Crippen molar-refractivity contribution in [2.45, 2.75) is 5.50 Å². The molecule has 1 aliphatic heterocycles. The maximum Gasteiger partial charge on any atom is 0.165 e. The summed E-state index contributed by atoms with van der Waals surface area (Å²) in [6.45, 7) is 0. The quantitative estimate of drug-likeness (QED) is 0.462. The van der Waals surface area contributed by atoms with Crippen LogP contribution < -0.4 is 0 Å². The summed E-state index contributed by atoms with van der Waals surface area (Å²) in [5, 5.41) is 0. The zero-order valence-corrected chi connectivity index (χ0v) is 6.65. The van der Waals surface area contributed by atoms with E-state index >= 15 is 0 Å². The highest BCUT2D eigenvalue weighted by Gasteiger charge is 2.16. The van der Waals surface area contributed by atoms with Crippen molar-refractivity contribution in [3.05, 3.63) is 12.4 Å². The normalized spacial score (nSPS) is 20.9. The Balaban J connectivity index is 2.55. The molecule has 1 heterocycles. The SMILES string of the molecule is SC1N(S)C=CN1S. The van der Waals surface area contributed by atoms with Gasteiger partial charge in [0.05, 0.1) is 0 Å². The molecule has 0 spiro atoms. The van der Waals surface area contributed by atoms with Crippen molar-refractivity contribution >= 4 is 38.3 Å². The topological polar surface area (TPSA) is 6.48 Å². The van der Waals surface area contributed by atoms with Crippen molar-refractivity contribution in [3.8, 4) is 0 Å². The van der Waals surface area contributed by atoms with E-state index in [1.54, 1.807) is 21.0 Å². The molecule has 0 aromatic heterocycles. The molecular formula is C3H6N2S3. The highest BCUT2D eigenvalue weighted by atomic mass is 32.1. The average Bonchev–Trinajstić information content (AvgIpc) is 1.98. The van der Waals surface area contributed by atoms with Gasteiger partial charge in [-0.15, -0.1) is 12.6 Å². The summed E-state index contributed by atoms with van der Waals surface area (Å²) in [7, 11) is 0. The van der Waals surface area contributed by atoms with E-state index in [2.05, 4.69) is 38.3 Å². The Bertz CT molecular complexity index is 103. The minimum atomic E-state index is -0.0401. The van der Waals surface area contributed by atoms with Gasteiger partial charge in [-0.3, -0.25) is 8.61 Å². The molecule has 0 aromatic carbocycles. The Morgan fingerprint density at radius 1 is 1.12 bits per heavy atom. The third kappa shape index (κ3) is 1.04. The maximum absolute atomic E-state index is 4.12. The monoisotopic (exact) mass is 166 g/mol. The average molecular weight is 166 g/mol. The summed E-state index contributed by atoms with van der Waals surface area (Å²) in [5.74, 6) is 0.